The van der Waals surface area contributed by atoms with Crippen molar-refractivity contribution in [1.29, 1.82) is 0 Å². The zero-order chi connectivity index (χ0) is 12.4. The number of nitrogens with two attached hydrogens (primary N) is 1. The lowest BCUT2D eigenvalue weighted by atomic mass is 10.1. The summed E-state index contributed by atoms with van der Waals surface area (Å²) in [4.78, 5) is 2.28. The number of hydrogen-bond acceptors (Lipinski definition) is 2. The minimum atomic E-state index is -0.198. The Morgan fingerprint density at radius 2 is 2.12 bits per heavy atom. The van der Waals surface area contributed by atoms with Gasteiger partial charge in [0.15, 0.2) is 0 Å². The molecule has 0 saturated carbocycles. The monoisotopic (exact) mass is 249 g/mol. The second-order valence-corrected chi connectivity index (χ2v) is 5.27. The lowest BCUT2D eigenvalue weighted by molar-refractivity contribution is 0.628. The predicted molar refractivity (Wildman–Crippen MR) is 71.7 cm³/mol. The highest BCUT2D eigenvalue weighted by Gasteiger charge is 2.12. The van der Waals surface area contributed by atoms with Crippen molar-refractivity contribution in [2.75, 3.05) is 0 Å². The summed E-state index contributed by atoms with van der Waals surface area (Å²) in [6.45, 7) is 4.12. The first-order valence-corrected chi connectivity index (χ1v) is 6.55. The largest absolute Gasteiger partial charge is 0.323 e. The first kappa shape index (κ1) is 12.3. The predicted octanol–water partition coefficient (Wildman–Crippen LogP) is 4.27. The van der Waals surface area contributed by atoms with Gasteiger partial charge in [-0.2, -0.15) is 0 Å². The van der Waals surface area contributed by atoms with E-state index in [1.807, 2.05) is 13.0 Å². The molecule has 1 unspecified atom stereocenters. The van der Waals surface area contributed by atoms with Crippen LogP contribution in [0.3, 0.4) is 0 Å². The van der Waals surface area contributed by atoms with Gasteiger partial charge in [-0.15, -0.1) is 11.3 Å². The van der Waals surface area contributed by atoms with Crippen LogP contribution in [0.25, 0.3) is 10.4 Å². The average Bonchev–Trinajstić information content (AvgIpc) is 2.70. The lowest BCUT2D eigenvalue weighted by Gasteiger charge is -2.04. The molecule has 2 aromatic rings. The summed E-state index contributed by atoms with van der Waals surface area (Å²) in [6.07, 6.45) is 0.919. The second-order valence-electron chi connectivity index (χ2n) is 4.19. The maximum absolute atomic E-state index is 13.2. The standard InChI is InChI=1S/C14H16FNS/c1-3-12(16)13-7-9(2)14(17-13)10-5-4-6-11(15)8-10/h4-8,12H,3,16H2,1-2H3. The summed E-state index contributed by atoms with van der Waals surface area (Å²) in [5, 5.41) is 0. The molecule has 1 aromatic heterocycles. The molecule has 1 atom stereocenters. The molecule has 0 saturated heterocycles. The van der Waals surface area contributed by atoms with Gasteiger partial charge in [-0.25, -0.2) is 4.39 Å². The highest BCUT2D eigenvalue weighted by Crippen LogP contribution is 2.35. The van der Waals surface area contributed by atoms with Gasteiger partial charge in [0.1, 0.15) is 5.82 Å². The number of rotatable bonds is 3. The molecule has 0 spiro atoms. The van der Waals surface area contributed by atoms with Crippen molar-refractivity contribution >= 4 is 11.3 Å². The molecule has 1 nitrogen and oxygen atoms in total. The fourth-order valence-electron chi connectivity index (χ4n) is 1.81. The van der Waals surface area contributed by atoms with Gasteiger partial charge in [0.25, 0.3) is 0 Å². The number of hydrogen-bond donors (Lipinski definition) is 1. The molecule has 0 radical (unpaired) electrons. The Bertz CT molecular complexity index is 519. The molecule has 0 bridgehead atoms. The average molecular weight is 249 g/mol. The molecule has 1 aromatic carbocycles. The zero-order valence-corrected chi connectivity index (χ0v) is 10.9. The van der Waals surface area contributed by atoms with Gasteiger partial charge in [0.05, 0.1) is 0 Å². The van der Waals surface area contributed by atoms with E-state index in [1.165, 1.54) is 16.5 Å². The molecule has 1 heterocycles. The lowest BCUT2D eigenvalue weighted by Crippen LogP contribution is -2.05. The van der Waals surface area contributed by atoms with Crippen molar-refractivity contribution < 1.29 is 4.39 Å². The molecule has 90 valence electrons. The number of benzene rings is 1. The van der Waals surface area contributed by atoms with Crippen LogP contribution in [-0.2, 0) is 0 Å². The number of thiophene rings is 1. The third-order valence-electron chi connectivity index (χ3n) is 2.83. The zero-order valence-electron chi connectivity index (χ0n) is 10.0. The summed E-state index contributed by atoms with van der Waals surface area (Å²) >= 11 is 1.66. The summed E-state index contributed by atoms with van der Waals surface area (Å²) in [5.74, 6) is -0.198. The fraction of sp³-hybridized carbons (Fsp3) is 0.286. The van der Waals surface area contributed by atoms with Gasteiger partial charge in [0.2, 0.25) is 0 Å². The van der Waals surface area contributed by atoms with Crippen LogP contribution in [-0.4, -0.2) is 0 Å². The normalized spacial score (nSPS) is 12.7. The van der Waals surface area contributed by atoms with Crippen LogP contribution in [0.15, 0.2) is 30.3 Å². The summed E-state index contributed by atoms with van der Waals surface area (Å²) in [6, 6.07) is 8.90. The fourth-order valence-corrected chi connectivity index (χ4v) is 3.06. The van der Waals surface area contributed by atoms with Crippen LogP contribution in [0, 0.1) is 12.7 Å². The van der Waals surface area contributed by atoms with Crippen molar-refractivity contribution in [2.24, 2.45) is 5.73 Å². The van der Waals surface area contributed by atoms with Crippen molar-refractivity contribution in [3.63, 3.8) is 0 Å². The molecular weight excluding hydrogens is 233 g/mol. The van der Waals surface area contributed by atoms with Crippen molar-refractivity contribution in [3.05, 3.63) is 46.6 Å². The molecule has 17 heavy (non-hydrogen) atoms. The molecule has 3 heteroatoms. The molecule has 0 fully saturated rings. The number of aryl methyl sites for hydroxylation is 1. The third kappa shape index (κ3) is 2.56. The van der Waals surface area contributed by atoms with E-state index in [0.29, 0.717) is 0 Å². The van der Waals surface area contributed by atoms with E-state index < -0.39 is 0 Å². The van der Waals surface area contributed by atoms with Gasteiger partial charge in [0, 0.05) is 15.8 Å². The molecule has 0 amide bonds. The minimum absolute atomic E-state index is 0.0843. The van der Waals surface area contributed by atoms with Gasteiger partial charge in [-0.1, -0.05) is 19.1 Å². The molecule has 0 aliphatic rings. The van der Waals surface area contributed by atoms with Gasteiger partial charge < -0.3 is 5.73 Å². The quantitative estimate of drug-likeness (QED) is 0.863. The Kier molecular flexibility index (Phi) is 3.60. The smallest absolute Gasteiger partial charge is 0.123 e. The Morgan fingerprint density at radius 3 is 2.76 bits per heavy atom. The van der Waals surface area contributed by atoms with Crippen LogP contribution < -0.4 is 5.73 Å². The van der Waals surface area contributed by atoms with Crippen LogP contribution in [0.2, 0.25) is 0 Å². The Morgan fingerprint density at radius 1 is 1.35 bits per heavy atom. The Balaban J connectivity index is 2.42. The highest BCUT2D eigenvalue weighted by molar-refractivity contribution is 7.15. The number of halogens is 1. The Labute approximate surface area is 105 Å². The summed E-state index contributed by atoms with van der Waals surface area (Å²) < 4.78 is 13.2. The van der Waals surface area contributed by atoms with Gasteiger partial charge in [-0.3, -0.25) is 0 Å². The van der Waals surface area contributed by atoms with Crippen LogP contribution in [0.1, 0.15) is 29.8 Å². The SMILES string of the molecule is CCC(N)c1cc(C)c(-c2cccc(F)c2)s1. The van der Waals surface area contributed by atoms with E-state index in [4.69, 9.17) is 5.73 Å². The molecule has 2 rings (SSSR count). The van der Waals surface area contributed by atoms with E-state index >= 15 is 0 Å². The minimum Gasteiger partial charge on any atom is -0.323 e. The molecule has 0 aliphatic heterocycles. The third-order valence-corrected chi connectivity index (χ3v) is 4.25. The molecule has 0 aliphatic carbocycles. The maximum Gasteiger partial charge on any atom is 0.123 e. The van der Waals surface area contributed by atoms with E-state index in [1.54, 1.807) is 23.5 Å². The molecule has 2 N–H and O–H groups in total. The van der Waals surface area contributed by atoms with Crippen LogP contribution in [0.4, 0.5) is 4.39 Å². The first-order valence-electron chi connectivity index (χ1n) is 5.73. The van der Waals surface area contributed by atoms with E-state index in [0.717, 1.165) is 16.9 Å². The Hall–Kier alpha value is -1.19. The summed E-state index contributed by atoms with van der Waals surface area (Å²) in [5.41, 5.74) is 8.12. The van der Waals surface area contributed by atoms with Crippen LogP contribution >= 0.6 is 11.3 Å². The summed E-state index contributed by atoms with van der Waals surface area (Å²) in [7, 11) is 0. The highest BCUT2D eigenvalue weighted by atomic mass is 32.1. The van der Waals surface area contributed by atoms with E-state index in [9.17, 15) is 4.39 Å². The van der Waals surface area contributed by atoms with Crippen molar-refractivity contribution in [1.82, 2.24) is 0 Å². The van der Waals surface area contributed by atoms with Crippen molar-refractivity contribution in [3.8, 4) is 10.4 Å². The maximum atomic E-state index is 13.2. The molecular formula is C14H16FNS. The topological polar surface area (TPSA) is 26.0 Å². The van der Waals surface area contributed by atoms with Gasteiger partial charge >= 0.3 is 0 Å². The van der Waals surface area contributed by atoms with E-state index in [-0.39, 0.29) is 11.9 Å². The van der Waals surface area contributed by atoms with Crippen LogP contribution in [0.5, 0.6) is 0 Å². The second kappa shape index (κ2) is 4.98. The van der Waals surface area contributed by atoms with E-state index in [2.05, 4.69) is 13.0 Å². The first-order chi connectivity index (χ1) is 8.11. The van der Waals surface area contributed by atoms with Gasteiger partial charge in [-0.05, 0) is 42.7 Å². The van der Waals surface area contributed by atoms with Crippen molar-refractivity contribution in [2.45, 2.75) is 26.3 Å².